The summed E-state index contributed by atoms with van der Waals surface area (Å²) in [6.07, 6.45) is 2.79. The van der Waals surface area contributed by atoms with E-state index in [4.69, 9.17) is 10.5 Å². The molecular weight excluding hydrogens is 188 g/mol. The molecule has 3 nitrogen and oxygen atoms in total. The van der Waals surface area contributed by atoms with Gasteiger partial charge in [-0.25, -0.2) is 4.98 Å². The van der Waals surface area contributed by atoms with E-state index in [1.807, 2.05) is 19.1 Å². The van der Waals surface area contributed by atoms with E-state index in [1.165, 1.54) is 0 Å². The maximum atomic E-state index is 5.78. The largest absolute Gasteiger partial charge is 0.478 e. The molecule has 0 spiro atoms. The number of ether oxygens (including phenoxy) is 1. The molecule has 0 aliphatic carbocycles. The number of rotatable bonds is 5. The molecule has 0 radical (unpaired) electrons. The Morgan fingerprint density at radius 3 is 2.73 bits per heavy atom. The topological polar surface area (TPSA) is 48.1 Å². The fourth-order valence-corrected chi connectivity index (χ4v) is 1.19. The zero-order chi connectivity index (χ0) is 11.3. The third-order valence-corrected chi connectivity index (χ3v) is 2.23. The Morgan fingerprint density at radius 1 is 1.40 bits per heavy atom. The van der Waals surface area contributed by atoms with E-state index in [0.29, 0.717) is 18.4 Å². The number of hydrogen-bond acceptors (Lipinski definition) is 3. The first-order valence-corrected chi connectivity index (χ1v) is 5.44. The maximum absolute atomic E-state index is 5.78. The van der Waals surface area contributed by atoms with E-state index < -0.39 is 0 Å². The van der Waals surface area contributed by atoms with Crippen LogP contribution in [0.3, 0.4) is 0 Å². The molecular formula is C12H20N2O. The van der Waals surface area contributed by atoms with Crippen molar-refractivity contribution in [2.75, 3.05) is 6.61 Å². The summed E-state index contributed by atoms with van der Waals surface area (Å²) >= 11 is 0. The second-order valence-electron chi connectivity index (χ2n) is 4.25. The second-order valence-corrected chi connectivity index (χ2v) is 4.25. The van der Waals surface area contributed by atoms with Gasteiger partial charge >= 0.3 is 0 Å². The van der Waals surface area contributed by atoms with Crippen molar-refractivity contribution in [3.8, 4) is 5.88 Å². The molecule has 0 aliphatic rings. The maximum Gasteiger partial charge on any atom is 0.213 e. The molecule has 0 fully saturated rings. The van der Waals surface area contributed by atoms with Gasteiger partial charge in [-0.05, 0) is 30.9 Å². The monoisotopic (exact) mass is 208 g/mol. The zero-order valence-corrected chi connectivity index (χ0v) is 9.73. The standard InChI is InChI=1S/C12H20N2O/c1-9(2)5-7-15-12-8-11(10(3)13)4-6-14-12/h4,6,8-10H,5,7,13H2,1-3H3. The number of nitrogens with zero attached hydrogens (tertiary/aromatic N) is 1. The van der Waals surface area contributed by atoms with Crippen molar-refractivity contribution in [3.05, 3.63) is 23.9 Å². The van der Waals surface area contributed by atoms with Gasteiger partial charge in [-0.1, -0.05) is 13.8 Å². The van der Waals surface area contributed by atoms with E-state index in [1.54, 1.807) is 6.20 Å². The molecule has 0 saturated heterocycles. The SMILES string of the molecule is CC(C)CCOc1cc(C(C)N)ccn1. The summed E-state index contributed by atoms with van der Waals surface area (Å²) < 4.78 is 5.54. The highest BCUT2D eigenvalue weighted by atomic mass is 16.5. The smallest absolute Gasteiger partial charge is 0.213 e. The van der Waals surface area contributed by atoms with Crippen LogP contribution in [0.1, 0.15) is 38.8 Å². The molecule has 3 heteroatoms. The molecule has 1 aromatic rings. The van der Waals surface area contributed by atoms with Crippen LogP contribution in [0.15, 0.2) is 18.3 Å². The second kappa shape index (κ2) is 5.71. The van der Waals surface area contributed by atoms with Crippen molar-refractivity contribution in [2.24, 2.45) is 11.7 Å². The molecule has 1 unspecified atom stereocenters. The number of nitrogens with two attached hydrogens (primary N) is 1. The first-order chi connectivity index (χ1) is 7.09. The first kappa shape index (κ1) is 12.0. The number of pyridine rings is 1. The summed E-state index contributed by atoms with van der Waals surface area (Å²) in [4.78, 5) is 4.14. The van der Waals surface area contributed by atoms with Crippen molar-refractivity contribution in [3.63, 3.8) is 0 Å². The van der Waals surface area contributed by atoms with Gasteiger partial charge in [0.05, 0.1) is 6.61 Å². The normalized spacial score (nSPS) is 12.9. The Balaban J connectivity index is 2.50. The molecule has 0 bridgehead atoms. The Labute approximate surface area is 91.7 Å². The van der Waals surface area contributed by atoms with Crippen LogP contribution in [0.25, 0.3) is 0 Å². The summed E-state index contributed by atoms with van der Waals surface area (Å²) in [5.41, 5.74) is 6.84. The van der Waals surface area contributed by atoms with Gasteiger partial charge in [-0.3, -0.25) is 0 Å². The Kier molecular flexibility index (Phi) is 4.56. The lowest BCUT2D eigenvalue weighted by Crippen LogP contribution is -2.07. The van der Waals surface area contributed by atoms with Crippen LogP contribution in [0.2, 0.25) is 0 Å². The predicted octanol–water partition coefficient (Wildman–Crippen LogP) is 2.53. The van der Waals surface area contributed by atoms with Gasteiger partial charge in [0, 0.05) is 18.3 Å². The highest BCUT2D eigenvalue weighted by Crippen LogP contribution is 2.15. The van der Waals surface area contributed by atoms with Crippen LogP contribution in [0.4, 0.5) is 0 Å². The van der Waals surface area contributed by atoms with Crippen molar-refractivity contribution in [2.45, 2.75) is 33.2 Å². The third-order valence-electron chi connectivity index (χ3n) is 2.23. The molecule has 1 rings (SSSR count). The fourth-order valence-electron chi connectivity index (χ4n) is 1.19. The van der Waals surface area contributed by atoms with Crippen molar-refractivity contribution < 1.29 is 4.74 Å². The molecule has 0 aliphatic heterocycles. The van der Waals surface area contributed by atoms with Crippen molar-refractivity contribution in [1.29, 1.82) is 0 Å². The van der Waals surface area contributed by atoms with Crippen molar-refractivity contribution in [1.82, 2.24) is 4.98 Å². The van der Waals surface area contributed by atoms with Crippen LogP contribution in [0.5, 0.6) is 5.88 Å². The zero-order valence-electron chi connectivity index (χ0n) is 9.73. The molecule has 0 aromatic carbocycles. The van der Waals surface area contributed by atoms with E-state index in [0.717, 1.165) is 12.0 Å². The molecule has 15 heavy (non-hydrogen) atoms. The minimum Gasteiger partial charge on any atom is -0.478 e. The van der Waals surface area contributed by atoms with Gasteiger partial charge in [-0.15, -0.1) is 0 Å². The molecule has 1 heterocycles. The lowest BCUT2D eigenvalue weighted by Gasteiger charge is -2.09. The van der Waals surface area contributed by atoms with Crippen LogP contribution < -0.4 is 10.5 Å². The highest BCUT2D eigenvalue weighted by Gasteiger charge is 2.02. The van der Waals surface area contributed by atoms with Gasteiger partial charge in [0.2, 0.25) is 5.88 Å². The predicted molar refractivity (Wildman–Crippen MR) is 61.8 cm³/mol. The highest BCUT2D eigenvalue weighted by molar-refractivity contribution is 5.22. The van der Waals surface area contributed by atoms with E-state index in [-0.39, 0.29) is 6.04 Å². The number of hydrogen-bond donors (Lipinski definition) is 1. The van der Waals surface area contributed by atoms with Crippen molar-refractivity contribution >= 4 is 0 Å². The summed E-state index contributed by atoms with van der Waals surface area (Å²) in [7, 11) is 0. The Hall–Kier alpha value is -1.09. The average Bonchev–Trinajstić information content (AvgIpc) is 2.17. The van der Waals surface area contributed by atoms with E-state index in [9.17, 15) is 0 Å². The lowest BCUT2D eigenvalue weighted by molar-refractivity contribution is 0.279. The summed E-state index contributed by atoms with van der Waals surface area (Å²) in [5.74, 6) is 1.33. The van der Waals surface area contributed by atoms with E-state index in [2.05, 4.69) is 18.8 Å². The Morgan fingerprint density at radius 2 is 2.13 bits per heavy atom. The number of aromatic nitrogens is 1. The van der Waals surface area contributed by atoms with Gasteiger partial charge in [0.25, 0.3) is 0 Å². The van der Waals surface area contributed by atoms with Crippen LogP contribution >= 0.6 is 0 Å². The summed E-state index contributed by atoms with van der Waals surface area (Å²) in [6.45, 7) is 7.02. The molecule has 1 atom stereocenters. The molecule has 1 aromatic heterocycles. The molecule has 0 saturated carbocycles. The lowest BCUT2D eigenvalue weighted by atomic mass is 10.1. The quantitative estimate of drug-likeness (QED) is 0.808. The molecule has 84 valence electrons. The van der Waals surface area contributed by atoms with Crippen LogP contribution in [-0.4, -0.2) is 11.6 Å². The van der Waals surface area contributed by atoms with Crippen LogP contribution in [-0.2, 0) is 0 Å². The van der Waals surface area contributed by atoms with Gasteiger partial charge in [0.1, 0.15) is 0 Å². The van der Waals surface area contributed by atoms with Gasteiger partial charge in [-0.2, -0.15) is 0 Å². The van der Waals surface area contributed by atoms with E-state index >= 15 is 0 Å². The summed E-state index contributed by atoms with van der Waals surface area (Å²) in [6, 6.07) is 3.85. The minimum absolute atomic E-state index is 0.0282. The average molecular weight is 208 g/mol. The Bertz CT molecular complexity index is 297. The summed E-state index contributed by atoms with van der Waals surface area (Å²) in [5, 5.41) is 0. The van der Waals surface area contributed by atoms with Gasteiger partial charge in [0.15, 0.2) is 0 Å². The third kappa shape index (κ3) is 4.30. The fraction of sp³-hybridized carbons (Fsp3) is 0.583. The van der Waals surface area contributed by atoms with Gasteiger partial charge < -0.3 is 10.5 Å². The molecule has 2 N–H and O–H groups in total. The minimum atomic E-state index is 0.0282. The van der Waals surface area contributed by atoms with Crippen LogP contribution in [0, 0.1) is 5.92 Å². The molecule has 0 amide bonds. The first-order valence-electron chi connectivity index (χ1n) is 5.44.